The van der Waals surface area contributed by atoms with Crippen molar-refractivity contribution in [1.82, 2.24) is 14.5 Å². The van der Waals surface area contributed by atoms with Crippen LogP contribution in [0.15, 0.2) is 4.90 Å². The van der Waals surface area contributed by atoms with E-state index in [2.05, 4.69) is 9.82 Å². The number of aryl methyl sites for hydroxylation is 1. The molecule has 0 aromatic carbocycles. The van der Waals surface area contributed by atoms with Crippen LogP contribution in [0.4, 0.5) is 0 Å². The summed E-state index contributed by atoms with van der Waals surface area (Å²) in [5.41, 5.74) is 6.65. The Labute approximate surface area is 125 Å². The first kappa shape index (κ1) is 16.4. The van der Waals surface area contributed by atoms with Gasteiger partial charge in [0.05, 0.1) is 24.5 Å². The molecular weight excluding hydrogens is 292 g/mol. The molecule has 8 heteroatoms. The Bertz CT molecular complexity index is 576. The van der Waals surface area contributed by atoms with Crippen molar-refractivity contribution in [3.63, 3.8) is 0 Å². The molecule has 1 aromatic heterocycles. The van der Waals surface area contributed by atoms with Crippen LogP contribution in [-0.2, 0) is 21.3 Å². The van der Waals surface area contributed by atoms with Gasteiger partial charge in [0, 0.05) is 19.7 Å². The normalized spacial score (nSPS) is 19.9. The lowest BCUT2D eigenvalue weighted by Gasteiger charge is -2.22. The fourth-order valence-corrected chi connectivity index (χ4v) is 4.20. The molecule has 1 saturated heterocycles. The van der Waals surface area contributed by atoms with Gasteiger partial charge in [0.1, 0.15) is 4.90 Å². The van der Waals surface area contributed by atoms with Crippen molar-refractivity contribution < 1.29 is 13.2 Å². The molecule has 1 aromatic rings. The summed E-state index contributed by atoms with van der Waals surface area (Å²) < 4.78 is 34.7. The van der Waals surface area contributed by atoms with Crippen LogP contribution in [0.3, 0.4) is 0 Å². The zero-order valence-corrected chi connectivity index (χ0v) is 13.4. The van der Waals surface area contributed by atoms with Gasteiger partial charge in [0.25, 0.3) is 0 Å². The van der Waals surface area contributed by atoms with Gasteiger partial charge in [-0.2, -0.15) is 5.10 Å². The van der Waals surface area contributed by atoms with E-state index in [1.165, 1.54) is 0 Å². The summed E-state index contributed by atoms with van der Waals surface area (Å²) >= 11 is 0. The third kappa shape index (κ3) is 3.82. The highest BCUT2D eigenvalue weighted by molar-refractivity contribution is 7.89. The maximum atomic E-state index is 12.5. The zero-order chi connectivity index (χ0) is 15.5. The quantitative estimate of drug-likeness (QED) is 0.779. The highest BCUT2D eigenvalue weighted by Gasteiger charge is 2.25. The summed E-state index contributed by atoms with van der Waals surface area (Å²) in [6, 6.07) is 0. The molecule has 1 aliphatic heterocycles. The molecule has 1 unspecified atom stereocenters. The third-order valence-electron chi connectivity index (χ3n) is 3.74. The molecule has 2 rings (SSSR count). The average Bonchev–Trinajstić information content (AvgIpc) is 2.73. The van der Waals surface area contributed by atoms with Crippen molar-refractivity contribution in [3.05, 3.63) is 11.4 Å². The van der Waals surface area contributed by atoms with E-state index in [1.807, 2.05) is 0 Å². The largest absolute Gasteiger partial charge is 0.381 e. The Morgan fingerprint density at radius 1 is 1.48 bits per heavy atom. The smallest absolute Gasteiger partial charge is 0.244 e. The number of sulfonamides is 1. The highest BCUT2D eigenvalue weighted by atomic mass is 32.2. The maximum Gasteiger partial charge on any atom is 0.244 e. The lowest BCUT2D eigenvalue weighted by molar-refractivity contribution is 0.0568. The summed E-state index contributed by atoms with van der Waals surface area (Å²) in [7, 11) is -3.55. The van der Waals surface area contributed by atoms with Crippen LogP contribution >= 0.6 is 0 Å². The fourth-order valence-electron chi connectivity index (χ4n) is 2.68. The van der Waals surface area contributed by atoms with Crippen LogP contribution in [0.5, 0.6) is 0 Å². The number of ether oxygens (including phenoxy) is 1. The van der Waals surface area contributed by atoms with Crippen LogP contribution in [0.2, 0.25) is 0 Å². The SMILES string of the molecule is Cc1nn(CCN)c(C)c1S(=O)(=O)NCC1CCCOC1. The number of hydrogen-bond donors (Lipinski definition) is 2. The molecule has 7 nitrogen and oxygen atoms in total. The molecule has 1 aliphatic rings. The van der Waals surface area contributed by atoms with E-state index in [-0.39, 0.29) is 10.8 Å². The van der Waals surface area contributed by atoms with Crippen molar-refractivity contribution in [2.45, 2.75) is 38.1 Å². The number of rotatable bonds is 6. The molecule has 0 amide bonds. The molecule has 0 aliphatic carbocycles. The van der Waals surface area contributed by atoms with Gasteiger partial charge >= 0.3 is 0 Å². The Hall–Kier alpha value is -0.960. The lowest BCUT2D eigenvalue weighted by Crippen LogP contribution is -2.33. The summed E-state index contributed by atoms with van der Waals surface area (Å²) in [5.74, 6) is 0.244. The molecule has 1 atom stereocenters. The minimum atomic E-state index is -3.55. The Morgan fingerprint density at radius 2 is 2.24 bits per heavy atom. The second-order valence-corrected chi connectivity index (χ2v) is 7.15. The van der Waals surface area contributed by atoms with Gasteiger partial charge in [-0.15, -0.1) is 0 Å². The molecule has 0 saturated carbocycles. The van der Waals surface area contributed by atoms with Crippen molar-refractivity contribution in [2.24, 2.45) is 11.7 Å². The molecule has 3 N–H and O–H groups in total. The first-order valence-electron chi connectivity index (χ1n) is 7.27. The van der Waals surface area contributed by atoms with Gasteiger partial charge in [0.2, 0.25) is 10.0 Å². The maximum absolute atomic E-state index is 12.5. The van der Waals surface area contributed by atoms with E-state index >= 15 is 0 Å². The first-order valence-corrected chi connectivity index (χ1v) is 8.75. The minimum Gasteiger partial charge on any atom is -0.381 e. The van der Waals surface area contributed by atoms with Gasteiger partial charge in [-0.1, -0.05) is 0 Å². The van der Waals surface area contributed by atoms with Gasteiger partial charge < -0.3 is 10.5 Å². The van der Waals surface area contributed by atoms with Crippen molar-refractivity contribution >= 4 is 10.0 Å². The number of nitrogens with one attached hydrogen (secondary N) is 1. The molecule has 120 valence electrons. The number of nitrogens with zero attached hydrogens (tertiary/aromatic N) is 2. The van der Waals surface area contributed by atoms with Crippen LogP contribution in [0.25, 0.3) is 0 Å². The summed E-state index contributed by atoms with van der Waals surface area (Å²) in [5, 5.41) is 4.25. The van der Waals surface area contributed by atoms with Crippen molar-refractivity contribution in [3.8, 4) is 0 Å². The van der Waals surface area contributed by atoms with Crippen LogP contribution in [0, 0.1) is 19.8 Å². The number of hydrogen-bond acceptors (Lipinski definition) is 5. The summed E-state index contributed by atoms with van der Waals surface area (Å²) in [4.78, 5) is 0.271. The molecule has 21 heavy (non-hydrogen) atoms. The average molecular weight is 316 g/mol. The third-order valence-corrected chi connectivity index (χ3v) is 5.42. The lowest BCUT2D eigenvalue weighted by atomic mass is 10.0. The molecule has 2 heterocycles. The number of nitrogens with two attached hydrogens (primary N) is 1. The zero-order valence-electron chi connectivity index (χ0n) is 12.6. The van der Waals surface area contributed by atoms with E-state index in [9.17, 15) is 8.42 Å². The summed E-state index contributed by atoms with van der Waals surface area (Å²) in [6.45, 7) is 6.20. The van der Waals surface area contributed by atoms with E-state index in [4.69, 9.17) is 10.5 Å². The van der Waals surface area contributed by atoms with Crippen LogP contribution in [0.1, 0.15) is 24.2 Å². The van der Waals surface area contributed by atoms with Crippen molar-refractivity contribution in [2.75, 3.05) is 26.3 Å². The monoisotopic (exact) mass is 316 g/mol. The Balaban J connectivity index is 2.11. The van der Waals surface area contributed by atoms with Gasteiger partial charge in [-0.25, -0.2) is 13.1 Å². The fraction of sp³-hybridized carbons (Fsp3) is 0.769. The molecular formula is C13H24N4O3S. The second-order valence-electron chi connectivity index (χ2n) is 5.45. The molecule has 0 bridgehead atoms. The predicted octanol–water partition coefficient (Wildman–Crippen LogP) is 0.164. The van der Waals surface area contributed by atoms with Gasteiger partial charge in [-0.05, 0) is 32.6 Å². The minimum absolute atomic E-state index is 0.244. The van der Waals surface area contributed by atoms with Crippen molar-refractivity contribution in [1.29, 1.82) is 0 Å². The Morgan fingerprint density at radius 3 is 2.86 bits per heavy atom. The van der Waals surface area contributed by atoms with E-state index in [0.29, 0.717) is 37.6 Å². The van der Waals surface area contributed by atoms with E-state index in [1.54, 1.807) is 18.5 Å². The van der Waals surface area contributed by atoms with E-state index < -0.39 is 10.0 Å². The number of aromatic nitrogens is 2. The predicted molar refractivity (Wildman–Crippen MR) is 79.5 cm³/mol. The molecule has 0 spiro atoms. The highest BCUT2D eigenvalue weighted by Crippen LogP contribution is 2.20. The van der Waals surface area contributed by atoms with Crippen LogP contribution < -0.4 is 10.5 Å². The summed E-state index contributed by atoms with van der Waals surface area (Å²) in [6.07, 6.45) is 1.98. The standard InChI is InChI=1S/C13H24N4O3S/c1-10-13(11(2)17(16-10)6-5-14)21(18,19)15-8-12-4-3-7-20-9-12/h12,15H,3-9,14H2,1-2H3. The second kappa shape index (κ2) is 6.87. The Kier molecular flexibility index (Phi) is 5.37. The van der Waals surface area contributed by atoms with Gasteiger partial charge in [0.15, 0.2) is 0 Å². The van der Waals surface area contributed by atoms with Gasteiger partial charge in [-0.3, -0.25) is 4.68 Å². The topological polar surface area (TPSA) is 99.2 Å². The first-order chi connectivity index (χ1) is 9.95. The molecule has 1 fully saturated rings. The van der Waals surface area contributed by atoms with Crippen LogP contribution in [-0.4, -0.2) is 44.5 Å². The molecule has 0 radical (unpaired) electrons. The van der Waals surface area contributed by atoms with E-state index in [0.717, 1.165) is 19.4 Å².